The number of benzene rings is 2. The first kappa shape index (κ1) is 16.2. The van der Waals surface area contributed by atoms with Crippen molar-refractivity contribution < 1.29 is 14.3 Å². The molecule has 2 aromatic carbocycles. The molecule has 1 heterocycles. The lowest BCUT2D eigenvalue weighted by molar-refractivity contribution is -0.116. The maximum absolute atomic E-state index is 12.1. The third-order valence-corrected chi connectivity index (χ3v) is 4.06. The van der Waals surface area contributed by atoms with Gasteiger partial charge in [0, 0.05) is 18.6 Å². The largest absolute Gasteiger partial charge is 0.454 e. The van der Waals surface area contributed by atoms with Crippen LogP contribution in [-0.2, 0) is 11.2 Å². The quantitative estimate of drug-likeness (QED) is 0.627. The Balaban J connectivity index is 1.45. The Labute approximate surface area is 141 Å². The van der Waals surface area contributed by atoms with Gasteiger partial charge in [0.05, 0.1) is 11.4 Å². The topological polar surface area (TPSA) is 73.6 Å². The van der Waals surface area contributed by atoms with E-state index in [1.807, 2.05) is 0 Å². The van der Waals surface area contributed by atoms with E-state index in [0.29, 0.717) is 29.3 Å². The number of rotatable bonds is 6. The van der Waals surface area contributed by atoms with Crippen LogP contribution in [0.4, 0.5) is 11.4 Å². The molecule has 0 spiro atoms. The number of anilines is 2. The van der Waals surface area contributed by atoms with Gasteiger partial charge in [0.25, 0.3) is 0 Å². The Kier molecular flexibility index (Phi) is 4.89. The number of nitrogens with one attached hydrogen (secondary N) is 1. The Bertz CT molecular complexity index is 726. The lowest BCUT2D eigenvalue weighted by Crippen LogP contribution is -2.12. The molecule has 24 heavy (non-hydrogen) atoms. The molecule has 126 valence electrons. The molecule has 0 fully saturated rings. The molecule has 0 aromatic heterocycles. The van der Waals surface area contributed by atoms with E-state index in [0.717, 1.165) is 19.3 Å². The van der Waals surface area contributed by atoms with E-state index in [4.69, 9.17) is 15.2 Å². The molecule has 2 aromatic rings. The minimum Gasteiger partial charge on any atom is -0.454 e. The molecule has 0 aliphatic carbocycles. The number of carbonyl (C=O) groups is 1. The predicted molar refractivity (Wildman–Crippen MR) is 94.3 cm³/mol. The van der Waals surface area contributed by atoms with Gasteiger partial charge in [-0.2, -0.15) is 0 Å². The molecule has 0 saturated carbocycles. The van der Waals surface area contributed by atoms with E-state index in [9.17, 15) is 4.79 Å². The molecule has 0 atom stereocenters. The molecular formula is C19H22N2O3. The van der Waals surface area contributed by atoms with Gasteiger partial charge in [-0.25, -0.2) is 0 Å². The fourth-order valence-corrected chi connectivity index (χ4v) is 2.65. The molecule has 1 aliphatic heterocycles. The number of fused-ring (bicyclic) bond motifs is 1. The standard InChI is InChI=1S/C19H22N2O3/c1-13-6-8-14(9-7-13)4-2-3-5-19(22)21-16-11-18-17(10-15(16)20)23-12-24-18/h6-11H,2-5,12,20H2,1H3,(H,21,22). The van der Waals surface area contributed by atoms with Crippen LogP contribution in [0.15, 0.2) is 36.4 Å². The van der Waals surface area contributed by atoms with Crippen LogP contribution in [0.25, 0.3) is 0 Å². The first-order chi connectivity index (χ1) is 11.6. The monoisotopic (exact) mass is 326 g/mol. The van der Waals surface area contributed by atoms with Crippen LogP contribution in [0.2, 0.25) is 0 Å². The molecule has 0 saturated heterocycles. The van der Waals surface area contributed by atoms with Gasteiger partial charge in [0.15, 0.2) is 11.5 Å². The summed E-state index contributed by atoms with van der Waals surface area (Å²) in [6.07, 6.45) is 3.27. The lowest BCUT2D eigenvalue weighted by Gasteiger charge is -2.09. The van der Waals surface area contributed by atoms with Crippen molar-refractivity contribution in [1.82, 2.24) is 0 Å². The second kappa shape index (κ2) is 7.25. The molecule has 0 bridgehead atoms. The molecular weight excluding hydrogens is 304 g/mol. The van der Waals surface area contributed by atoms with Gasteiger partial charge in [-0.15, -0.1) is 0 Å². The highest BCUT2D eigenvalue weighted by atomic mass is 16.7. The van der Waals surface area contributed by atoms with Crippen LogP contribution in [0.5, 0.6) is 11.5 Å². The Hall–Kier alpha value is -2.69. The van der Waals surface area contributed by atoms with Crippen LogP contribution in [0.3, 0.4) is 0 Å². The van der Waals surface area contributed by atoms with Crippen molar-refractivity contribution in [2.24, 2.45) is 0 Å². The van der Waals surface area contributed by atoms with Crippen LogP contribution >= 0.6 is 0 Å². The van der Waals surface area contributed by atoms with E-state index in [2.05, 4.69) is 36.5 Å². The summed E-state index contributed by atoms with van der Waals surface area (Å²) in [4.78, 5) is 12.1. The number of ether oxygens (including phenoxy) is 2. The molecule has 5 heteroatoms. The molecule has 1 amide bonds. The van der Waals surface area contributed by atoms with Crippen LogP contribution in [0, 0.1) is 6.92 Å². The number of amides is 1. The first-order valence-corrected chi connectivity index (χ1v) is 8.16. The Morgan fingerprint density at radius 2 is 1.83 bits per heavy atom. The van der Waals surface area contributed by atoms with Crippen molar-refractivity contribution in [2.75, 3.05) is 17.8 Å². The molecule has 1 aliphatic rings. The van der Waals surface area contributed by atoms with Gasteiger partial charge >= 0.3 is 0 Å². The molecule has 0 unspecified atom stereocenters. The van der Waals surface area contributed by atoms with Gasteiger partial charge in [0.2, 0.25) is 12.7 Å². The maximum atomic E-state index is 12.1. The van der Waals surface area contributed by atoms with E-state index >= 15 is 0 Å². The van der Waals surface area contributed by atoms with Crippen molar-refractivity contribution >= 4 is 17.3 Å². The second-order valence-electron chi connectivity index (χ2n) is 6.03. The summed E-state index contributed by atoms with van der Waals surface area (Å²) in [7, 11) is 0. The van der Waals surface area contributed by atoms with Crippen molar-refractivity contribution in [3.63, 3.8) is 0 Å². The summed E-state index contributed by atoms with van der Waals surface area (Å²) in [6.45, 7) is 2.27. The van der Waals surface area contributed by atoms with Gasteiger partial charge in [-0.1, -0.05) is 29.8 Å². The van der Waals surface area contributed by atoms with Gasteiger partial charge in [-0.3, -0.25) is 4.79 Å². The lowest BCUT2D eigenvalue weighted by atomic mass is 10.1. The summed E-state index contributed by atoms with van der Waals surface area (Å²) < 4.78 is 10.6. The fraction of sp³-hybridized carbons (Fsp3) is 0.316. The SMILES string of the molecule is Cc1ccc(CCCCC(=O)Nc2cc3c(cc2N)OCO3)cc1. The predicted octanol–water partition coefficient (Wildman–Crippen LogP) is 3.66. The Morgan fingerprint density at radius 1 is 1.12 bits per heavy atom. The first-order valence-electron chi connectivity index (χ1n) is 8.16. The highest BCUT2D eigenvalue weighted by Crippen LogP contribution is 2.38. The summed E-state index contributed by atoms with van der Waals surface area (Å²) in [5.41, 5.74) is 9.56. The maximum Gasteiger partial charge on any atom is 0.231 e. The molecule has 5 nitrogen and oxygen atoms in total. The van der Waals surface area contributed by atoms with Crippen molar-refractivity contribution in [2.45, 2.75) is 32.6 Å². The summed E-state index contributed by atoms with van der Waals surface area (Å²) in [6, 6.07) is 11.9. The minimum atomic E-state index is -0.0375. The number of unbranched alkanes of at least 4 members (excludes halogenated alkanes) is 1. The molecule has 3 rings (SSSR count). The third-order valence-electron chi connectivity index (χ3n) is 4.06. The number of carbonyl (C=O) groups excluding carboxylic acids is 1. The zero-order valence-corrected chi connectivity index (χ0v) is 13.8. The number of hydrogen-bond donors (Lipinski definition) is 2. The van der Waals surface area contributed by atoms with Crippen molar-refractivity contribution in [3.05, 3.63) is 47.5 Å². The second-order valence-corrected chi connectivity index (χ2v) is 6.03. The van der Waals surface area contributed by atoms with Gasteiger partial charge in [0.1, 0.15) is 0 Å². The normalized spacial score (nSPS) is 12.2. The number of nitrogens with two attached hydrogens (primary N) is 1. The van der Waals surface area contributed by atoms with Crippen LogP contribution in [0.1, 0.15) is 30.4 Å². The fourth-order valence-electron chi connectivity index (χ4n) is 2.65. The summed E-state index contributed by atoms with van der Waals surface area (Å²) in [5.74, 6) is 1.19. The third kappa shape index (κ3) is 3.98. The van der Waals surface area contributed by atoms with Crippen LogP contribution < -0.4 is 20.5 Å². The van der Waals surface area contributed by atoms with E-state index in [1.165, 1.54) is 11.1 Å². The highest BCUT2D eigenvalue weighted by Gasteiger charge is 2.17. The van der Waals surface area contributed by atoms with Crippen molar-refractivity contribution in [3.8, 4) is 11.5 Å². The molecule has 3 N–H and O–H groups in total. The van der Waals surface area contributed by atoms with E-state index in [-0.39, 0.29) is 12.7 Å². The zero-order valence-electron chi connectivity index (χ0n) is 13.8. The number of hydrogen-bond acceptors (Lipinski definition) is 4. The van der Waals surface area contributed by atoms with E-state index in [1.54, 1.807) is 12.1 Å². The average molecular weight is 326 g/mol. The highest BCUT2D eigenvalue weighted by molar-refractivity contribution is 5.94. The van der Waals surface area contributed by atoms with Gasteiger partial charge < -0.3 is 20.5 Å². The van der Waals surface area contributed by atoms with Crippen LogP contribution in [-0.4, -0.2) is 12.7 Å². The number of aryl methyl sites for hydroxylation is 2. The number of nitrogen functional groups attached to an aromatic ring is 1. The van der Waals surface area contributed by atoms with Gasteiger partial charge in [-0.05, 0) is 31.7 Å². The minimum absolute atomic E-state index is 0.0375. The zero-order chi connectivity index (χ0) is 16.9. The molecule has 0 radical (unpaired) electrons. The van der Waals surface area contributed by atoms with Crippen molar-refractivity contribution in [1.29, 1.82) is 0 Å². The summed E-state index contributed by atoms with van der Waals surface area (Å²) >= 11 is 0. The smallest absolute Gasteiger partial charge is 0.231 e. The van der Waals surface area contributed by atoms with E-state index < -0.39 is 0 Å². The Morgan fingerprint density at radius 3 is 2.58 bits per heavy atom. The summed E-state index contributed by atoms with van der Waals surface area (Å²) in [5, 5.41) is 2.85. The average Bonchev–Trinajstić information content (AvgIpc) is 3.00.